The van der Waals surface area contributed by atoms with Crippen LogP contribution in [0.5, 0.6) is 5.75 Å². The van der Waals surface area contributed by atoms with Gasteiger partial charge in [0.2, 0.25) is 0 Å². The Morgan fingerprint density at radius 2 is 2.19 bits per heavy atom. The van der Waals surface area contributed by atoms with Gasteiger partial charge in [0.05, 0.1) is 24.2 Å². The topological polar surface area (TPSA) is 90.7 Å². The van der Waals surface area contributed by atoms with E-state index in [-0.39, 0.29) is 24.0 Å². The number of ether oxygens (including phenoxy) is 2. The van der Waals surface area contributed by atoms with E-state index in [4.69, 9.17) is 9.47 Å². The zero-order valence-electron chi connectivity index (χ0n) is 11.8. The summed E-state index contributed by atoms with van der Waals surface area (Å²) in [5, 5.41) is 13.2. The van der Waals surface area contributed by atoms with Crippen LogP contribution in [0.3, 0.4) is 0 Å². The van der Waals surface area contributed by atoms with Gasteiger partial charge in [0.15, 0.2) is 6.61 Å². The molecule has 0 saturated heterocycles. The van der Waals surface area contributed by atoms with Gasteiger partial charge in [0.1, 0.15) is 5.75 Å². The zero-order chi connectivity index (χ0) is 15.7. The number of carbonyl (C=O) groups excluding carboxylic acids is 1. The highest BCUT2D eigenvalue weighted by molar-refractivity contribution is 5.77. The molecule has 114 valence electrons. The van der Waals surface area contributed by atoms with Crippen LogP contribution in [0.15, 0.2) is 36.4 Å². The van der Waals surface area contributed by atoms with Gasteiger partial charge in [-0.1, -0.05) is 18.2 Å². The smallest absolute Gasteiger partial charge is 0.273 e. The van der Waals surface area contributed by atoms with Gasteiger partial charge in [-0.25, -0.2) is 0 Å². The van der Waals surface area contributed by atoms with Gasteiger partial charge in [-0.3, -0.25) is 14.9 Å². The molecule has 0 unspecified atom stereocenters. The summed E-state index contributed by atoms with van der Waals surface area (Å²) in [5.74, 6) is -0.0432. The molecule has 1 rings (SSSR count). The molecule has 1 aromatic carbocycles. The van der Waals surface area contributed by atoms with Crippen LogP contribution in [0, 0.1) is 10.1 Å². The Bertz CT molecular complexity index is 516. The fourth-order valence-electron chi connectivity index (χ4n) is 1.40. The minimum atomic E-state index is -0.522. The van der Waals surface area contributed by atoms with E-state index in [9.17, 15) is 14.9 Å². The van der Waals surface area contributed by atoms with Gasteiger partial charge < -0.3 is 14.8 Å². The molecule has 1 amide bonds. The van der Waals surface area contributed by atoms with Crippen LogP contribution in [0.4, 0.5) is 5.69 Å². The third-order valence-electron chi connectivity index (χ3n) is 2.32. The first-order valence-electron chi connectivity index (χ1n) is 6.35. The van der Waals surface area contributed by atoms with Crippen LogP contribution in [0.2, 0.25) is 0 Å². The Labute approximate surface area is 122 Å². The summed E-state index contributed by atoms with van der Waals surface area (Å²) >= 11 is 0. The summed E-state index contributed by atoms with van der Waals surface area (Å²) < 4.78 is 10.4. The standard InChI is InChI=1S/C14H18N2O5/c1-11(2)9-20-7-6-15-14(17)10-21-13-5-3-4-12(8-13)16(18)19/h3-5,8H,1,6-7,9-10H2,2H3,(H,15,17). The second-order valence-electron chi connectivity index (χ2n) is 4.40. The first-order chi connectivity index (χ1) is 9.99. The molecule has 0 saturated carbocycles. The maximum atomic E-state index is 11.5. The molecule has 7 heteroatoms. The minimum absolute atomic E-state index is 0.0823. The molecule has 0 spiro atoms. The van der Waals surface area contributed by atoms with Crippen LogP contribution in [0.25, 0.3) is 0 Å². The van der Waals surface area contributed by atoms with Crippen molar-refractivity contribution in [2.45, 2.75) is 6.92 Å². The highest BCUT2D eigenvalue weighted by atomic mass is 16.6. The van der Waals surface area contributed by atoms with Crippen LogP contribution in [-0.4, -0.2) is 37.2 Å². The summed E-state index contributed by atoms with van der Waals surface area (Å²) in [6.45, 7) is 6.54. The van der Waals surface area contributed by atoms with Crippen molar-refractivity contribution in [3.63, 3.8) is 0 Å². The number of hydrogen-bond acceptors (Lipinski definition) is 5. The highest BCUT2D eigenvalue weighted by Gasteiger charge is 2.07. The number of benzene rings is 1. The number of hydrogen-bond donors (Lipinski definition) is 1. The van der Waals surface area contributed by atoms with E-state index in [0.717, 1.165) is 5.57 Å². The predicted octanol–water partition coefficient (Wildman–Crippen LogP) is 1.68. The van der Waals surface area contributed by atoms with Crippen LogP contribution in [-0.2, 0) is 9.53 Å². The van der Waals surface area contributed by atoms with Crippen molar-refractivity contribution in [1.29, 1.82) is 0 Å². The number of carbonyl (C=O) groups is 1. The summed E-state index contributed by atoms with van der Waals surface area (Å²) in [7, 11) is 0. The van der Waals surface area contributed by atoms with E-state index in [1.165, 1.54) is 18.2 Å². The lowest BCUT2D eigenvalue weighted by Crippen LogP contribution is -2.31. The predicted molar refractivity (Wildman–Crippen MR) is 77.2 cm³/mol. The van der Waals surface area contributed by atoms with Gasteiger partial charge in [0.25, 0.3) is 11.6 Å². The van der Waals surface area contributed by atoms with E-state index < -0.39 is 4.92 Å². The summed E-state index contributed by atoms with van der Waals surface area (Å²) in [5.41, 5.74) is 0.830. The highest BCUT2D eigenvalue weighted by Crippen LogP contribution is 2.18. The molecule has 0 aliphatic heterocycles. The quantitative estimate of drug-likeness (QED) is 0.324. The molecular weight excluding hydrogens is 276 g/mol. The average molecular weight is 294 g/mol. The fraction of sp³-hybridized carbons (Fsp3) is 0.357. The van der Waals surface area contributed by atoms with Crippen molar-refractivity contribution < 1.29 is 19.2 Å². The maximum Gasteiger partial charge on any atom is 0.273 e. The Balaban J connectivity index is 2.25. The number of non-ortho nitro benzene ring substituents is 1. The molecule has 0 aromatic heterocycles. The first kappa shape index (κ1) is 16.6. The van der Waals surface area contributed by atoms with Crippen molar-refractivity contribution in [3.8, 4) is 5.75 Å². The maximum absolute atomic E-state index is 11.5. The van der Waals surface area contributed by atoms with Crippen molar-refractivity contribution in [2.75, 3.05) is 26.4 Å². The second-order valence-corrected chi connectivity index (χ2v) is 4.40. The van der Waals surface area contributed by atoms with E-state index in [0.29, 0.717) is 19.8 Å². The molecule has 0 aliphatic rings. The van der Waals surface area contributed by atoms with Gasteiger partial charge >= 0.3 is 0 Å². The lowest BCUT2D eigenvalue weighted by Gasteiger charge is -2.08. The SMILES string of the molecule is C=C(C)COCCNC(=O)COc1cccc([N+](=O)[O-])c1. The van der Waals surface area contributed by atoms with Crippen molar-refractivity contribution in [3.05, 3.63) is 46.5 Å². The van der Waals surface area contributed by atoms with E-state index in [1.807, 2.05) is 6.92 Å². The van der Waals surface area contributed by atoms with Crippen LogP contribution < -0.4 is 10.1 Å². The monoisotopic (exact) mass is 294 g/mol. The molecule has 7 nitrogen and oxygen atoms in total. The molecular formula is C14H18N2O5. The van der Waals surface area contributed by atoms with Crippen molar-refractivity contribution >= 4 is 11.6 Å². The molecule has 21 heavy (non-hydrogen) atoms. The number of nitro benzene ring substituents is 1. The Morgan fingerprint density at radius 1 is 1.43 bits per heavy atom. The second kappa shape index (κ2) is 8.70. The molecule has 1 N–H and O–H groups in total. The Morgan fingerprint density at radius 3 is 2.86 bits per heavy atom. The molecule has 0 atom stereocenters. The first-order valence-corrected chi connectivity index (χ1v) is 6.35. The molecule has 0 bridgehead atoms. The minimum Gasteiger partial charge on any atom is -0.484 e. The summed E-state index contributed by atoms with van der Waals surface area (Å²) in [6.07, 6.45) is 0. The van der Waals surface area contributed by atoms with Gasteiger partial charge in [0, 0.05) is 12.6 Å². The number of nitro groups is 1. The van der Waals surface area contributed by atoms with Gasteiger partial charge in [-0.15, -0.1) is 0 Å². The van der Waals surface area contributed by atoms with Crippen LogP contribution in [0.1, 0.15) is 6.92 Å². The van der Waals surface area contributed by atoms with Gasteiger partial charge in [-0.05, 0) is 13.0 Å². The number of amides is 1. The molecule has 0 heterocycles. The molecule has 0 fully saturated rings. The number of nitrogens with one attached hydrogen (secondary N) is 1. The van der Waals surface area contributed by atoms with Gasteiger partial charge in [-0.2, -0.15) is 0 Å². The Kier molecular flexibility index (Phi) is 6.90. The Hall–Kier alpha value is -2.41. The van der Waals surface area contributed by atoms with E-state index >= 15 is 0 Å². The average Bonchev–Trinajstić information content (AvgIpc) is 2.44. The lowest BCUT2D eigenvalue weighted by molar-refractivity contribution is -0.384. The molecule has 1 aromatic rings. The number of nitrogens with zero attached hydrogens (tertiary/aromatic N) is 1. The third-order valence-corrected chi connectivity index (χ3v) is 2.32. The summed E-state index contributed by atoms with van der Waals surface area (Å²) in [4.78, 5) is 21.6. The zero-order valence-corrected chi connectivity index (χ0v) is 11.8. The van der Waals surface area contributed by atoms with E-state index in [1.54, 1.807) is 6.07 Å². The largest absolute Gasteiger partial charge is 0.484 e. The van der Waals surface area contributed by atoms with Crippen molar-refractivity contribution in [2.24, 2.45) is 0 Å². The third kappa shape index (κ3) is 7.07. The molecule has 0 aliphatic carbocycles. The van der Waals surface area contributed by atoms with E-state index in [2.05, 4.69) is 11.9 Å². The summed E-state index contributed by atoms with van der Waals surface area (Å²) in [6, 6.07) is 5.67. The fourth-order valence-corrected chi connectivity index (χ4v) is 1.40. The lowest BCUT2D eigenvalue weighted by atomic mass is 10.3. The van der Waals surface area contributed by atoms with Crippen molar-refractivity contribution in [1.82, 2.24) is 5.32 Å². The van der Waals surface area contributed by atoms with Crippen LogP contribution >= 0.6 is 0 Å². The normalized spacial score (nSPS) is 9.95. The number of rotatable bonds is 9. The molecule has 0 radical (unpaired) electrons.